The summed E-state index contributed by atoms with van der Waals surface area (Å²) in [6, 6.07) is 7.63. The highest BCUT2D eigenvalue weighted by atomic mass is 36.0. The third kappa shape index (κ3) is 11.7. The van der Waals surface area contributed by atoms with Crippen LogP contribution in [0.5, 0.6) is 0 Å². The Morgan fingerprint density at radius 1 is 0.926 bits per heavy atom. The lowest BCUT2D eigenvalue weighted by Crippen LogP contribution is -1.99. The number of aromatic carboxylic acids is 1. The standard InChI is InChI=1S/C8H6ClFO.C8H7FO2.CH4.Cl2OS/c1-5-2-3-6(10)4-7(5)8(9)11;1-5-2-3-6(9)4-7(5)8(10)11;;1-4(2)3/h2-4H,1H3;2-4H,1H3,(H,10,11);1H4;. The van der Waals surface area contributed by atoms with E-state index in [9.17, 15) is 18.4 Å². The molecule has 0 aliphatic heterocycles. The number of carbonyl (C=O) groups excluding carboxylic acids is 1. The summed E-state index contributed by atoms with van der Waals surface area (Å²) in [5.41, 5.74) is 1.50. The number of hydrogen-bond donors (Lipinski definition) is 1. The molecule has 1 N–H and O–H groups in total. The normalized spacial score (nSPS) is 9.19. The van der Waals surface area contributed by atoms with Gasteiger partial charge in [-0.25, -0.2) is 17.8 Å². The lowest BCUT2D eigenvalue weighted by Gasteiger charge is -1.98. The van der Waals surface area contributed by atoms with Crippen LogP contribution in [0, 0.1) is 25.5 Å². The summed E-state index contributed by atoms with van der Waals surface area (Å²) in [7, 11) is 7.36. The molecule has 0 fully saturated rings. The molecule has 0 saturated carbocycles. The Hall–Kier alpha value is -1.54. The summed E-state index contributed by atoms with van der Waals surface area (Å²) >= 11 is 5.17. The van der Waals surface area contributed by atoms with Crippen LogP contribution < -0.4 is 0 Å². The van der Waals surface area contributed by atoms with Crippen molar-refractivity contribution in [2.24, 2.45) is 0 Å². The molecule has 0 heterocycles. The largest absolute Gasteiger partial charge is 0.478 e. The van der Waals surface area contributed by atoms with E-state index in [0.717, 1.165) is 12.1 Å². The first-order valence-corrected chi connectivity index (χ1v) is 9.83. The van der Waals surface area contributed by atoms with Crippen molar-refractivity contribution < 1.29 is 27.7 Å². The molecule has 0 spiro atoms. The maximum absolute atomic E-state index is 12.5. The molecule has 0 aromatic heterocycles. The minimum atomic E-state index is -1.67. The van der Waals surface area contributed by atoms with Gasteiger partial charge in [0.2, 0.25) is 9.23 Å². The Kier molecular flexibility index (Phi) is 13.9. The van der Waals surface area contributed by atoms with Crippen molar-refractivity contribution in [2.75, 3.05) is 0 Å². The summed E-state index contributed by atoms with van der Waals surface area (Å²) < 4.78 is 34.0. The molecule has 10 heteroatoms. The number of hydrogen-bond acceptors (Lipinski definition) is 3. The molecule has 27 heavy (non-hydrogen) atoms. The van der Waals surface area contributed by atoms with E-state index in [1.54, 1.807) is 13.8 Å². The summed E-state index contributed by atoms with van der Waals surface area (Å²) in [5, 5.41) is 7.90. The van der Waals surface area contributed by atoms with E-state index < -0.39 is 32.1 Å². The topological polar surface area (TPSA) is 71.4 Å². The fourth-order valence-corrected chi connectivity index (χ4v) is 1.83. The zero-order valence-electron chi connectivity index (χ0n) is 13.4. The van der Waals surface area contributed by atoms with Crippen molar-refractivity contribution in [3.63, 3.8) is 0 Å². The average molecular weight is 462 g/mol. The molecule has 0 amide bonds. The van der Waals surface area contributed by atoms with E-state index in [1.807, 2.05) is 0 Å². The molecule has 2 rings (SSSR count). The Balaban J connectivity index is 0. The molecule has 0 saturated heterocycles. The second-order valence-electron chi connectivity index (χ2n) is 4.68. The predicted octanol–water partition coefficient (Wildman–Crippen LogP) is 6.02. The lowest BCUT2D eigenvalue weighted by atomic mass is 10.1. The minimum Gasteiger partial charge on any atom is -0.478 e. The van der Waals surface area contributed by atoms with Crippen molar-refractivity contribution >= 4 is 53.4 Å². The highest BCUT2D eigenvalue weighted by molar-refractivity contribution is 8.26. The van der Waals surface area contributed by atoms with Crippen LogP contribution in [0.15, 0.2) is 36.4 Å². The zero-order valence-corrected chi connectivity index (χ0v) is 16.5. The molecular weight excluding hydrogens is 445 g/mol. The van der Waals surface area contributed by atoms with Gasteiger partial charge in [-0.3, -0.25) is 4.79 Å². The SMILES string of the molecule is C.Cc1ccc(F)cc1C(=O)Cl.Cc1ccc(F)cc1C(=O)O.O=S(Cl)Cl. The van der Waals surface area contributed by atoms with Crippen LogP contribution in [0.4, 0.5) is 8.78 Å². The summed E-state index contributed by atoms with van der Waals surface area (Å²) in [5.74, 6) is -2.06. The van der Waals surface area contributed by atoms with Crippen molar-refractivity contribution in [2.45, 2.75) is 21.3 Å². The summed E-state index contributed by atoms with van der Waals surface area (Å²) in [6.07, 6.45) is 0. The smallest absolute Gasteiger partial charge is 0.336 e. The fourth-order valence-electron chi connectivity index (χ4n) is 1.63. The van der Waals surface area contributed by atoms with Crippen LogP contribution in [-0.4, -0.2) is 20.5 Å². The number of aryl methyl sites for hydroxylation is 2. The molecule has 0 aliphatic rings. The highest BCUT2D eigenvalue weighted by Crippen LogP contribution is 2.12. The van der Waals surface area contributed by atoms with Gasteiger partial charge < -0.3 is 5.11 Å². The van der Waals surface area contributed by atoms with Gasteiger partial charge in [-0.05, 0) is 60.8 Å². The Morgan fingerprint density at radius 3 is 1.52 bits per heavy atom. The van der Waals surface area contributed by atoms with Crippen LogP contribution in [0.3, 0.4) is 0 Å². The lowest BCUT2D eigenvalue weighted by molar-refractivity contribution is 0.0695. The van der Waals surface area contributed by atoms with E-state index in [0.29, 0.717) is 11.1 Å². The monoisotopic (exact) mass is 460 g/mol. The average Bonchev–Trinajstić information content (AvgIpc) is 2.51. The van der Waals surface area contributed by atoms with E-state index in [4.69, 9.17) is 20.9 Å². The molecule has 2 aromatic carbocycles. The van der Waals surface area contributed by atoms with Gasteiger partial charge in [0.15, 0.2) is 0 Å². The predicted molar refractivity (Wildman–Crippen MR) is 106 cm³/mol. The number of benzene rings is 2. The molecule has 0 radical (unpaired) electrons. The fraction of sp³-hybridized carbons (Fsp3) is 0.176. The molecule has 4 nitrogen and oxygen atoms in total. The molecular formula is C17H17Cl3F2O4S. The first kappa shape index (κ1) is 27.7. The van der Waals surface area contributed by atoms with Gasteiger partial charge in [0.05, 0.1) is 5.56 Å². The van der Waals surface area contributed by atoms with E-state index >= 15 is 0 Å². The minimum absolute atomic E-state index is 0. The van der Waals surface area contributed by atoms with Gasteiger partial charge in [0.1, 0.15) is 11.6 Å². The maximum Gasteiger partial charge on any atom is 0.336 e. The van der Waals surface area contributed by atoms with Gasteiger partial charge in [-0.1, -0.05) is 19.6 Å². The van der Waals surface area contributed by atoms with Crippen molar-refractivity contribution in [1.29, 1.82) is 0 Å². The van der Waals surface area contributed by atoms with Crippen molar-refractivity contribution in [1.82, 2.24) is 0 Å². The zero-order chi connectivity index (χ0) is 20.4. The number of carboxylic acids is 1. The molecule has 150 valence electrons. The second kappa shape index (κ2) is 13.6. The van der Waals surface area contributed by atoms with Crippen LogP contribution in [0.25, 0.3) is 0 Å². The second-order valence-corrected chi connectivity index (χ2v) is 7.55. The molecule has 0 atom stereocenters. The quantitative estimate of drug-likeness (QED) is 0.555. The van der Waals surface area contributed by atoms with Crippen LogP contribution in [-0.2, 0) is 9.23 Å². The number of carbonyl (C=O) groups is 2. The van der Waals surface area contributed by atoms with Gasteiger partial charge in [-0.2, -0.15) is 0 Å². The van der Waals surface area contributed by atoms with Gasteiger partial charge in [0, 0.05) is 26.9 Å². The van der Waals surface area contributed by atoms with E-state index in [1.165, 1.54) is 24.3 Å². The highest BCUT2D eigenvalue weighted by Gasteiger charge is 2.07. The van der Waals surface area contributed by atoms with Crippen LogP contribution in [0.2, 0.25) is 0 Å². The third-order valence-corrected chi connectivity index (χ3v) is 3.04. The van der Waals surface area contributed by atoms with Crippen LogP contribution in [0.1, 0.15) is 39.3 Å². The first-order chi connectivity index (χ1) is 12.0. The number of rotatable bonds is 2. The summed E-state index contributed by atoms with van der Waals surface area (Å²) in [4.78, 5) is 21.0. The van der Waals surface area contributed by atoms with E-state index in [2.05, 4.69) is 21.4 Å². The maximum atomic E-state index is 12.5. The third-order valence-electron chi connectivity index (χ3n) is 2.84. The molecule has 0 aliphatic carbocycles. The molecule has 0 unspecified atom stereocenters. The van der Waals surface area contributed by atoms with Crippen molar-refractivity contribution in [3.8, 4) is 0 Å². The van der Waals surface area contributed by atoms with Gasteiger partial charge in [-0.15, -0.1) is 0 Å². The van der Waals surface area contributed by atoms with Gasteiger partial charge in [0.25, 0.3) is 5.24 Å². The van der Waals surface area contributed by atoms with Crippen LogP contribution >= 0.6 is 33.0 Å². The molecule has 2 aromatic rings. The molecule has 0 bridgehead atoms. The van der Waals surface area contributed by atoms with Gasteiger partial charge >= 0.3 is 5.97 Å². The number of halogens is 5. The summed E-state index contributed by atoms with van der Waals surface area (Å²) in [6.45, 7) is 3.33. The van der Waals surface area contributed by atoms with E-state index in [-0.39, 0.29) is 18.6 Å². The van der Waals surface area contributed by atoms with Crippen molar-refractivity contribution in [3.05, 3.63) is 70.3 Å². The number of carboxylic acid groups (broad SMARTS) is 1. The Morgan fingerprint density at radius 2 is 1.26 bits per heavy atom. The first-order valence-electron chi connectivity index (χ1n) is 6.65. The Bertz CT molecular complexity index is 751. The Labute approximate surface area is 172 Å².